The van der Waals surface area contributed by atoms with Crippen molar-refractivity contribution in [2.45, 2.75) is 6.92 Å². The quantitative estimate of drug-likeness (QED) is 0.589. The largest absolute Gasteiger partial charge is 0.465 e. The fourth-order valence-electron chi connectivity index (χ4n) is 1.40. The van der Waals surface area contributed by atoms with Crippen LogP contribution in [0.25, 0.3) is 0 Å². The van der Waals surface area contributed by atoms with Gasteiger partial charge in [0.1, 0.15) is 5.56 Å². The fourth-order valence-corrected chi connectivity index (χ4v) is 1.40. The Bertz CT molecular complexity index is 477. The van der Waals surface area contributed by atoms with Gasteiger partial charge < -0.3 is 14.2 Å². The van der Waals surface area contributed by atoms with Crippen LogP contribution in [0.3, 0.4) is 0 Å². The Morgan fingerprint density at radius 3 is 2.26 bits per heavy atom. The average molecular weight is 267 g/mol. The Kier molecular flexibility index (Phi) is 4.99. The molecule has 0 atom stereocenters. The molecule has 0 aliphatic carbocycles. The van der Waals surface area contributed by atoms with Crippen LogP contribution in [0.2, 0.25) is 0 Å². The zero-order valence-corrected chi connectivity index (χ0v) is 10.8. The van der Waals surface area contributed by atoms with Crippen molar-refractivity contribution in [3.63, 3.8) is 0 Å². The first-order valence-corrected chi connectivity index (χ1v) is 5.39. The fraction of sp³-hybridized carbons (Fsp3) is 0.333. The van der Waals surface area contributed by atoms with Crippen LogP contribution in [0.4, 0.5) is 0 Å². The predicted molar refractivity (Wildman–Crippen MR) is 62.9 cm³/mol. The third kappa shape index (κ3) is 3.06. The van der Waals surface area contributed by atoms with Gasteiger partial charge in [-0.25, -0.2) is 19.4 Å². The van der Waals surface area contributed by atoms with Crippen molar-refractivity contribution in [1.29, 1.82) is 0 Å². The second-order valence-corrected chi connectivity index (χ2v) is 3.29. The van der Waals surface area contributed by atoms with Crippen LogP contribution < -0.4 is 0 Å². The van der Waals surface area contributed by atoms with Gasteiger partial charge >= 0.3 is 17.9 Å². The molecule has 0 fully saturated rings. The van der Waals surface area contributed by atoms with Gasteiger partial charge in [0.15, 0.2) is 5.69 Å². The molecule has 19 heavy (non-hydrogen) atoms. The monoisotopic (exact) mass is 267 g/mol. The minimum atomic E-state index is -0.839. The molecule has 0 aliphatic rings. The molecule has 1 aromatic rings. The highest BCUT2D eigenvalue weighted by Gasteiger charge is 2.27. The molecule has 0 aliphatic heterocycles. The maximum absolute atomic E-state index is 11.8. The normalized spacial score (nSPS) is 9.63. The molecule has 0 unspecified atom stereocenters. The van der Waals surface area contributed by atoms with Gasteiger partial charge in [0.05, 0.1) is 26.4 Å². The molecule has 7 nitrogen and oxygen atoms in total. The van der Waals surface area contributed by atoms with Gasteiger partial charge in [-0.05, 0) is 13.0 Å². The number of ether oxygens (including phenoxy) is 3. The van der Waals surface area contributed by atoms with Gasteiger partial charge in [0, 0.05) is 6.20 Å². The van der Waals surface area contributed by atoms with Gasteiger partial charge in [-0.2, -0.15) is 0 Å². The van der Waals surface area contributed by atoms with E-state index in [-0.39, 0.29) is 23.4 Å². The number of hydrogen-bond donors (Lipinski definition) is 0. The number of pyridine rings is 1. The van der Waals surface area contributed by atoms with Crippen LogP contribution in [0, 0.1) is 0 Å². The number of hydrogen-bond acceptors (Lipinski definition) is 7. The van der Waals surface area contributed by atoms with Gasteiger partial charge in [-0.15, -0.1) is 0 Å². The first-order chi connectivity index (χ1) is 9.06. The highest BCUT2D eigenvalue weighted by atomic mass is 16.5. The Balaban J connectivity index is 3.44. The number of carbonyl (C=O) groups excluding carboxylic acids is 3. The lowest BCUT2D eigenvalue weighted by Gasteiger charge is -2.10. The molecule has 0 radical (unpaired) electrons. The van der Waals surface area contributed by atoms with Crippen molar-refractivity contribution in [2.75, 3.05) is 20.8 Å². The lowest BCUT2D eigenvalue weighted by molar-refractivity contribution is 0.0484. The number of aromatic nitrogens is 1. The van der Waals surface area contributed by atoms with Crippen molar-refractivity contribution in [3.8, 4) is 0 Å². The van der Waals surface area contributed by atoms with Crippen LogP contribution in [0.5, 0.6) is 0 Å². The molecule has 0 aromatic carbocycles. The van der Waals surface area contributed by atoms with E-state index in [0.717, 1.165) is 14.2 Å². The number of esters is 3. The summed E-state index contributed by atoms with van der Waals surface area (Å²) in [4.78, 5) is 38.8. The smallest absolute Gasteiger partial charge is 0.357 e. The molecule has 1 rings (SSSR count). The van der Waals surface area contributed by atoms with Crippen molar-refractivity contribution in [3.05, 3.63) is 29.1 Å². The Labute approximate surface area is 109 Å². The predicted octanol–water partition coefficient (Wildman–Crippen LogP) is 0.832. The van der Waals surface area contributed by atoms with Crippen molar-refractivity contribution < 1.29 is 28.6 Å². The molecular formula is C12H13NO6. The molecule has 0 saturated carbocycles. The lowest BCUT2D eigenvalue weighted by Crippen LogP contribution is -2.20. The second kappa shape index (κ2) is 6.48. The van der Waals surface area contributed by atoms with Crippen molar-refractivity contribution in [2.24, 2.45) is 0 Å². The van der Waals surface area contributed by atoms with E-state index in [9.17, 15) is 14.4 Å². The average Bonchev–Trinajstić information content (AvgIpc) is 2.44. The number of carbonyl (C=O) groups is 3. The third-order valence-corrected chi connectivity index (χ3v) is 2.21. The summed E-state index contributed by atoms with van der Waals surface area (Å²) < 4.78 is 13.9. The van der Waals surface area contributed by atoms with E-state index in [0.29, 0.717) is 0 Å². The molecule has 102 valence electrons. The standard InChI is InChI=1S/C12H13NO6/c1-4-19-11(15)8-7(10(14)17-2)5-6-13-9(8)12(16)18-3/h5-6H,4H2,1-3H3. The molecule has 7 heteroatoms. The van der Waals surface area contributed by atoms with Gasteiger partial charge in [0.25, 0.3) is 0 Å². The van der Waals surface area contributed by atoms with E-state index in [1.807, 2.05) is 0 Å². The Morgan fingerprint density at radius 2 is 1.74 bits per heavy atom. The Morgan fingerprint density at radius 1 is 1.11 bits per heavy atom. The summed E-state index contributed by atoms with van der Waals surface area (Å²) in [5, 5.41) is 0. The van der Waals surface area contributed by atoms with E-state index in [1.54, 1.807) is 6.92 Å². The summed E-state index contributed by atoms with van der Waals surface area (Å²) in [5.74, 6) is -2.44. The molecule has 1 heterocycles. The minimum Gasteiger partial charge on any atom is -0.465 e. The summed E-state index contributed by atoms with van der Waals surface area (Å²) in [6.07, 6.45) is 1.21. The lowest BCUT2D eigenvalue weighted by atomic mass is 10.1. The van der Waals surface area contributed by atoms with Crippen LogP contribution in [-0.2, 0) is 14.2 Å². The number of methoxy groups -OCH3 is 2. The van der Waals surface area contributed by atoms with Gasteiger partial charge in [0.2, 0.25) is 0 Å². The summed E-state index contributed by atoms with van der Waals surface area (Å²) in [6.45, 7) is 1.69. The zero-order chi connectivity index (χ0) is 14.4. The van der Waals surface area contributed by atoms with Gasteiger partial charge in [-0.3, -0.25) is 0 Å². The topological polar surface area (TPSA) is 91.8 Å². The van der Waals surface area contributed by atoms with E-state index in [2.05, 4.69) is 14.5 Å². The molecule has 0 spiro atoms. The maximum atomic E-state index is 11.8. The third-order valence-electron chi connectivity index (χ3n) is 2.21. The van der Waals surface area contributed by atoms with Crippen LogP contribution in [0.15, 0.2) is 12.3 Å². The molecule has 0 saturated heterocycles. The van der Waals surface area contributed by atoms with Crippen LogP contribution in [-0.4, -0.2) is 43.7 Å². The molecule has 0 N–H and O–H groups in total. The summed E-state index contributed by atoms with van der Waals surface area (Å²) in [5.41, 5.74) is -0.650. The van der Waals surface area contributed by atoms with Crippen LogP contribution >= 0.6 is 0 Å². The van der Waals surface area contributed by atoms with Crippen molar-refractivity contribution >= 4 is 17.9 Å². The molecule has 0 bridgehead atoms. The summed E-state index contributed by atoms with van der Waals surface area (Å²) >= 11 is 0. The number of nitrogens with zero attached hydrogens (tertiary/aromatic N) is 1. The second-order valence-electron chi connectivity index (χ2n) is 3.29. The van der Waals surface area contributed by atoms with Crippen molar-refractivity contribution in [1.82, 2.24) is 4.98 Å². The van der Waals surface area contributed by atoms with E-state index >= 15 is 0 Å². The zero-order valence-electron chi connectivity index (χ0n) is 10.8. The van der Waals surface area contributed by atoms with E-state index < -0.39 is 17.9 Å². The SMILES string of the molecule is CCOC(=O)c1c(C(=O)OC)ccnc1C(=O)OC. The highest BCUT2D eigenvalue weighted by Crippen LogP contribution is 2.16. The highest BCUT2D eigenvalue weighted by molar-refractivity contribution is 6.09. The molecule has 0 amide bonds. The first-order valence-electron chi connectivity index (χ1n) is 5.39. The summed E-state index contributed by atoms with van der Waals surface area (Å²) in [6, 6.07) is 1.27. The Hall–Kier alpha value is -2.44. The van der Waals surface area contributed by atoms with E-state index in [1.165, 1.54) is 12.3 Å². The maximum Gasteiger partial charge on any atom is 0.357 e. The van der Waals surface area contributed by atoms with Gasteiger partial charge in [-0.1, -0.05) is 0 Å². The minimum absolute atomic E-state index is 0.0922. The van der Waals surface area contributed by atoms with E-state index in [4.69, 9.17) is 4.74 Å². The molecule has 1 aromatic heterocycles. The molecular weight excluding hydrogens is 254 g/mol. The van der Waals surface area contributed by atoms with Crippen LogP contribution in [0.1, 0.15) is 38.1 Å². The summed E-state index contributed by atoms with van der Waals surface area (Å²) in [7, 11) is 2.30. The first kappa shape index (κ1) is 14.6. The number of rotatable bonds is 4.